The summed E-state index contributed by atoms with van der Waals surface area (Å²) in [5.41, 5.74) is -0.348. The Kier molecular flexibility index (Phi) is 10.7. The van der Waals surface area contributed by atoms with Crippen molar-refractivity contribution in [2.75, 3.05) is 0 Å². The average molecular weight is 363 g/mol. The van der Waals surface area contributed by atoms with Crippen LogP contribution in [0.2, 0.25) is 0 Å². The highest BCUT2D eigenvalue weighted by molar-refractivity contribution is 5.98. The Labute approximate surface area is 157 Å². The monoisotopic (exact) mass is 362 g/mol. The van der Waals surface area contributed by atoms with Crippen molar-refractivity contribution < 1.29 is 19.8 Å². The second-order valence-corrected chi connectivity index (χ2v) is 7.26. The van der Waals surface area contributed by atoms with Gasteiger partial charge in [-0.1, -0.05) is 88.6 Å². The summed E-state index contributed by atoms with van der Waals surface area (Å²) in [6.45, 7) is 2.15. The molecule has 0 saturated heterocycles. The summed E-state index contributed by atoms with van der Waals surface area (Å²) in [5.74, 6) is -2.36. The van der Waals surface area contributed by atoms with E-state index in [0.717, 1.165) is 44.9 Å². The fraction of sp³-hybridized carbons (Fsp3) is 0.636. The largest absolute Gasteiger partial charge is 0.480 e. The maximum atomic E-state index is 11.7. The molecule has 0 aliphatic rings. The zero-order chi connectivity index (χ0) is 19.3. The highest BCUT2D eigenvalue weighted by Crippen LogP contribution is 2.33. The number of hydrogen-bond acceptors (Lipinski definition) is 2. The molecular weight excluding hydrogens is 328 g/mol. The fourth-order valence-corrected chi connectivity index (χ4v) is 3.43. The third-order valence-corrected chi connectivity index (χ3v) is 5.19. The third-order valence-electron chi connectivity index (χ3n) is 5.19. The van der Waals surface area contributed by atoms with Gasteiger partial charge < -0.3 is 10.2 Å². The lowest BCUT2D eigenvalue weighted by Gasteiger charge is -2.25. The predicted octanol–water partition coefficient (Wildman–Crippen LogP) is 5.70. The van der Waals surface area contributed by atoms with Crippen LogP contribution in [0.15, 0.2) is 30.3 Å². The molecular formula is C22H34O4. The van der Waals surface area contributed by atoms with Gasteiger partial charge in [0.25, 0.3) is 0 Å². The van der Waals surface area contributed by atoms with E-state index in [0.29, 0.717) is 12.8 Å². The Hall–Kier alpha value is -1.84. The normalized spacial score (nSPS) is 11.4. The van der Waals surface area contributed by atoms with Gasteiger partial charge in [-0.15, -0.1) is 0 Å². The second-order valence-electron chi connectivity index (χ2n) is 7.26. The molecule has 0 spiro atoms. The number of aryl methyl sites for hydroxylation is 1. The molecule has 0 amide bonds. The lowest BCUT2D eigenvalue weighted by Crippen LogP contribution is -2.39. The number of hydrogen-bond donors (Lipinski definition) is 2. The van der Waals surface area contributed by atoms with E-state index in [1.54, 1.807) is 0 Å². The van der Waals surface area contributed by atoms with Crippen LogP contribution >= 0.6 is 0 Å². The van der Waals surface area contributed by atoms with Gasteiger partial charge in [0, 0.05) is 0 Å². The summed E-state index contributed by atoms with van der Waals surface area (Å²) in [4.78, 5) is 23.5. The molecule has 146 valence electrons. The molecule has 4 heteroatoms. The Morgan fingerprint density at radius 1 is 0.769 bits per heavy atom. The van der Waals surface area contributed by atoms with Gasteiger partial charge in [-0.25, -0.2) is 0 Å². The van der Waals surface area contributed by atoms with Gasteiger partial charge in [-0.3, -0.25) is 9.59 Å². The third kappa shape index (κ3) is 7.59. The molecule has 0 aromatic heterocycles. The molecule has 0 aliphatic heterocycles. The van der Waals surface area contributed by atoms with E-state index >= 15 is 0 Å². The van der Waals surface area contributed by atoms with Gasteiger partial charge in [-0.05, 0) is 31.2 Å². The number of carboxylic acids is 2. The summed E-state index contributed by atoms with van der Waals surface area (Å²) in [5, 5.41) is 19.2. The van der Waals surface area contributed by atoms with Gasteiger partial charge in [0.15, 0.2) is 5.41 Å². The van der Waals surface area contributed by atoms with E-state index < -0.39 is 17.4 Å². The molecule has 26 heavy (non-hydrogen) atoms. The van der Waals surface area contributed by atoms with Crippen molar-refractivity contribution in [1.29, 1.82) is 0 Å². The maximum absolute atomic E-state index is 11.7. The summed E-state index contributed by atoms with van der Waals surface area (Å²) in [6.07, 6.45) is 9.99. The SMILES string of the molecule is CCCCCCCCC(CCCCCc1ccccc1)(C(=O)O)C(=O)O. The van der Waals surface area contributed by atoms with Crippen LogP contribution in [0.25, 0.3) is 0 Å². The van der Waals surface area contributed by atoms with Crippen molar-refractivity contribution in [3.63, 3.8) is 0 Å². The second kappa shape index (κ2) is 12.5. The van der Waals surface area contributed by atoms with Crippen molar-refractivity contribution in [1.82, 2.24) is 0 Å². The molecule has 1 rings (SSSR count). The van der Waals surface area contributed by atoms with Gasteiger partial charge >= 0.3 is 11.9 Å². The summed E-state index contributed by atoms with van der Waals surface area (Å²) in [7, 11) is 0. The fourth-order valence-electron chi connectivity index (χ4n) is 3.43. The molecule has 1 aromatic rings. The molecule has 2 N–H and O–H groups in total. The van der Waals surface area contributed by atoms with Crippen molar-refractivity contribution in [3.8, 4) is 0 Å². The average Bonchev–Trinajstić information content (AvgIpc) is 2.63. The van der Waals surface area contributed by atoms with E-state index in [1.165, 1.54) is 12.0 Å². The highest BCUT2D eigenvalue weighted by atomic mass is 16.4. The molecule has 4 nitrogen and oxygen atoms in total. The van der Waals surface area contributed by atoms with Gasteiger partial charge in [0.05, 0.1) is 0 Å². The van der Waals surface area contributed by atoms with Crippen LogP contribution in [0, 0.1) is 5.41 Å². The van der Waals surface area contributed by atoms with Gasteiger partial charge in [0.1, 0.15) is 0 Å². The van der Waals surface area contributed by atoms with Crippen LogP contribution in [0.4, 0.5) is 0 Å². The Bertz CT molecular complexity index is 510. The first-order valence-corrected chi connectivity index (χ1v) is 10.0. The lowest BCUT2D eigenvalue weighted by molar-refractivity contribution is -0.166. The Morgan fingerprint density at radius 3 is 1.81 bits per heavy atom. The standard InChI is InChI=1S/C22H34O4/c1-2-3-4-5-6-12-17-22(20(23)24,21(25)26)18-13-8-11-16-19-14-9-7-10-15-19/h7,9-10,14-15H,2-6,8,11-13,16-18H2,1H3,(H,23,24)(H,25,26). The number of rotatable bonds is 15. The van der Waals surface area contributed by atoms with Gasteiger partial charge in [-0.2, -0.15) is 0 Å². The molecule has 0 unspecified atom stereocenters. The van der Waals surface area contributed by atoms with Crippen molar-refractivity contribution >= 4 is 11.9 Å². The highest BCUT2D eigenvalue weighted by Gasteiger charge is 2.45. The number of carbonyl (C=O) groups is 2. The first-order valence-electron chi connectivity index (χ1n) is 10.0. The number of carboxylic acid groups (broad SMARTS) is 2. The minimum absolute atomic E-state index is 0.224. The quantitative estimate of drug-likeness (QED) is 0.310. The van der Waals surface area contributed by atoms with Crippen molar-refractivity contribution in [2.24, 2.45) is 5.41 Å². The van der Waals surface area contributed by atoms with Crippen LogP contribution in [0.5, 0.6) is 0 Å². The number of aliphatic carboxylic acids is 2. The zero-order valence-corrected chi connectivity index (χ0v) is 16.1. The minimum atomic E-state index is -1.61. The van der Waals surface area contributed by atoms with E-state index in [9.17, 15) is 19.8 Å². The summed E-state index contributed by atoms with van der Waals surface area (Å²) >= 11 is 0. The Morgan fingerprint density at radius 2 is 1.27 bits per heavy atom. The summed E-state index contributed by atoms with van der Waals surface area (Å²) < 4.78 is 0. The smallest absolute Gasteiger partial charge is 0.321 e. The van der Waals surface area contributed by atoms with Crippen LogP contribution < -0.4 is 0 Å². The van der Waals surface area contributed by atoms with Crippen molar-refractivity contribution in [2.45, 2.75) is 84.0 Å². The molecule has 0 saturated carbocycles. The first kappa shape index (κ1) is 22.2. The molecule has 1 aromatic carbocycles. The van der Waals surface area contributed by atoms with E-state index in [1.807, 2.05) is 18.2 Å². The van der Waals surface area contributed by atoms with Crippen LogP contribution in [-0.2, 0) is 16.0 Å². The van der Waals surface area contributed by atoms with Crippen LogP contribution in [0.3, 0.4) is 0 Å². The van der Waals surface area contributed by atoms with E-state index in [-0.39, 0.29) is 12.8 Å². The molecule has 0 atom stereocenters. The number of unbranched alkanes of at least 4 members (excludes halogenated alkanes) is 7. The molecule has 0 fully saturated rings. The van der Waals surface area contributed by atoms with Crippen LogP contribution in [0.1, 0.15) is 83.1 Å². The topological polar surface area (TPSA) is 74.6 Å². The number of benzene rings is 1. The first-order chi connectivity index (χ1) is 12.5. The molecule has 0 aliphatic carbocycles. The zero-order valence-electron chi connectivity index (χ0n) is 16.1. The Balaban J connectivity index is 2.41. The van der Waals surface area contributed by atoms with Crippen molar-refractivity contribution in [3.05, 3.63) is 35.9 Å². The predicted molar refractivity (Wildman–Crippen MR) is 104 cm³/mol. The minimum Gasteiger partial charge on any atom is -0.480 e. The molecule has 0 radical (unpaired) electrons. The summed E-state index contributed by atoms with van der Waals surface area (Å²) in [6, 6.07) is 10.2. The maximum Gasteiger partial charge on any atom is 0.321 e. The molecule has 0 heterocycles. The lowest BCUT2D eigenvalue weighted by atomic mass is 9.78. The van der Waals surface area contributed by atoms with Crippen LogP contribution in [-0.4, -0.2) is 22.2 Å². The molecule has 0 bridgehead atoms. The van der Waals surface area contributed by atoms with E-state index in [2.05, 4.69) is 19.1 Å². The van der Waals surface area contributed by atoms with Gasteiger partial charge in [0.2, 0.25) is 0 Å². The van der Waals surface area contributed by atoms with E-state index in [4.69, 9.17) is 0 Å².